The lowest BCUT2D eigenvalue weighted by Gasteiger charge is -2.39. The molecule has 1 aromatic heterocycles. The van der Waals surface area contributed by atoms with Gasteiger partial charge >= 0.3 is 0 Å². The van der Waals surface area contributed by atoms with Crippen LogP contribution in [0.15, 0.2) is 23.0 Å². The third kappa shape index (κ3) is 4.06. The number of nitrogens with zero attached hydrogens (tertiary/aromatic N) is 2. The van der Waals surface area contributed by atoms with Gasteiger partial charge < -0.3 is 15.5 Å². The summed E-state index contributed by atoms with van der Waals surface area (Å²) in [6.07, 6.45) is 3.06. The third-order valence-electron chi connectivity index (χ3n) is 6.47. The van der Waals surface area contributed by atoms with E-state index in [1.54, 1.807) is 0 Å². The lowest BCUT2D eigenvalue weighted by molar-refractivity contribution is -0.123. The fraction of sp³-hybridized carbons (Fsp3) is 0.478. The quantitative estimate of drug-likeness (QED) is 0.703. The van der Waals surface area contributed by atoms with E-state index < -0.39 is 5.92 Å². The second kappa shape index (κ2) is 8.17. The Balaban J connectivity index is 1.67. The molecule has 164 valence electrons. The lowest BCUT2D eigenvalue weighted by atomic mass is 9.92. The number of hydrogen-bond donors (Lipinski definition) is 3. The maximum absolute atomic E-state index is 13.1. The summed E-state index contributed by atoms with van der Waals surface area (Å²) in [6, 6.07) is 6.08. The first-order valence-electron chi connectivity index (χ1n) is 10.8. The van der Waals surface area contributed by atoms with Gasteiger partial charge in [0.05, 0.1) is 11.5 Å². The van der Waals surface area contributed by atoms with Crippen LogP contribution < -0.4 is 21.1 Å². The number of aromatic amines is 1. The van der Waals surface area contributed by atoms with Gasteiger partial charge in [-0.05, 0) is 70.2 Å². The van der Waals surface area contributed by atoms with Crippen LogP contribution in [0.1, 0.15) is 62.1 Å². The van der Waals surface area contributed by atoms with Gasteiger partial charge in [0.25, 0.3) is 5.56 Å². The highest BCUT2D eigenvalue weighted by Crippen LogP contribution is 2.32. The van der Waals surface area contributed by atoms with Crippen LogP contribution in [0.25, 0.3) is 0 Å². The number of amides is 2. The fourth-order valence-corrected chi connectivity index (χ4v) is 4.59. The van der Waals surface area contributed by atoms with E-state index >= 15 is 0 Å². The van der Waals surface area contributed by atoms with E-state index in [1.807, 2.05) is 32.0 Å². The molecule has 4 rings (SSSR count). The molecule has 0 saturated carbocycles. The molecule has 0 aliphatic carbocycles. The van der Waals surface area contributed by atoms with Crippen molar-refractivity contribution in [3.8, 4) is 0 Å². The fourth-order valence-electron chi connectivity index (χ4n) is 4.59. The highest BCUT2D eigenvalue weighted by Gasteiger charge is 2.36. The second-order valence-electron chi connectivity index (χ2n) is 8.78. The van der Waals surface area contributed by atoms with Gasteiger partial charge in [-0.25, -0.2) is 0 Å². The molecule has 8 nitrogen and oxygen atoms in total. The van der Waals surface area contributed by atoms with Gasteiger partial charge in [0.2, 0.25) is 17.8 Å². The Bertz CT molecular complexity index is 1080. The van der Waals surface area contributed by atoms with Crippen molar-refractivity contribution < 1.29 is 9.59 Å². The van der Waals surface area contributed by atoms with E-state index in [0.717, 1.165) is 30.4 Å². The molecule has 2 aliphatic heterocycles. The predicted octanol–water partition coefficient (Wildman–Crippen LogP) is 3.22. The summed E-state index contributed by atoms with van der Waals surface area (Å²) in [6.45, 7) is 8.17. The molecule has 2 aromatic rings. The number of piperidine rings is 1. The van der Waals surface area contributed by atoms with Gasteiger partial charge in [0.15, 0.2) is 0 Å². The number of anilines is 3. The Morgan fingerprint density at radius 2 is 1.84 bits per heavy atom. The van der Waals surface area contributed by atoms with Crippen molar-refractivity contribution in [3.63, 3.8) is 0 Å². The smallest absolute Gasteiger partial charge is 0.258 e. The Morgan fingerprint density at radius 1 is 1.13 bits per heavy atom. The van der Waals surface area contributed by atoms with Crippen LogP contribution in [0.5, 0.6) is 0 Å². The van der Waals surface area contributed by atoms with Crippen LogP contribution in [0, 0.1) is 13.8 Å². The molecule has 3 atom stereocenters. The zero-order valence-corrected chi connectivity index (χ0v) is 18.4. The molecule has 3 heterocycles. The molecule has 3 N–H and O–H groups in total. The van der Waals surface area contributed by atoms with Crippen molar-refractivity contribution in [2.24, 2.45) is 0 Å². The van der Waals surface area contributed by atoms with E-state index in [4.69, 9.17) is 0 Å². The van der Waals surface area contributed by atoms with Crippen LogP contribution in [-0.4, -0.2) is 33.9 Å². The predicted molar refractivity (Wildman–Crippen MR) is 121 cm³/mol. The largest absolute Gasteiger partial charge is 0.337 e. The van der Waals surface area contributed by atoms with Crippen LogP contribution >= 0.6 is 0 Å². The summed E-state index contributed by atoms with van der Waals surface area (Å²) in [5.41, 5.74) is 2.63. The molecule has 0 spiro atoms. The van der Waals surface area contributed by atoms with Gasteiger partial charge in [0.1, 0.15) is 5.82 Å². The summed E-state index contributed by atoms with van der Waals surface area (Å²) in [5.74, 6) is -0.985. The number of benzene rings is 1. The van der Waals surface area contributed by atoms with Gasteiger partial charge in [-0.15, -0.1) is 0 Å². The summed E-state index contributed by atoms with van der Waals surface area (Å²) >= 11 is 0. The number of nitrogens with one attached hydrogen (secondary N) is 3. The SMILES string of the molecule is Cc1ccc(NC(=O)C2CC(=O)Nc3nc(N4C(C)CCCC4C)[nH]c(=O)c32)cc1C. The van der Waals surface area contributed by atoms with Crippen LogP contribution in [0.3, 0.4) is 0 Å². The molecule has 1 saturated heterocycles. The first-order valence-corrected chi connectivity index (χ1v) is 10.8. The van der Waals surface area contributed by atoms with E-state index in [2.05, 4.69) is 39.3 Å². The first kappa shape index (κ1) is 21.1. The number of aryl methyl sites for hydroxylation is 2. The number of carbonyl (C=O) groups excluding carboxylic acids is 2. The molecule has 1 aromatic carbocycles. The second-order valence-corrected chi connectivity index (χ2v) is 8.78. The summed E-state index contributed by atoms with van der Waals surface area (Å²) in [7, 11) is 0. The van der Waals surface area contributed by atoms with E-state index in [-0.39, 0.29) is 47.3 Å². The number of aromatic nitrogens is 2. The average molecular weight is 424 g/mol. The first-order chi connectivity index (χ1) is 14.7. The zero-order valence-electron chi connectivity index (χ0n) is 18.4. The van der Waals surface area contributed by atoms with Gasteiger partial charge in [-0.1, -0.05) is 6.07 Å². The molecular formula is C23H29N5O3. The lowest BCUT2D eigenvalue weighted by Crippen LogP contribution is -2.46. The molecule has 31 heavy (non-hydrogen) atoms. The summed E-state index contributed by atoms with van der Waals surface area (Å²) < 4.78 is 0. The summed E-state index contributed by atoms with van der Waals surface area (Å²) in [4.78, 5) is 48.0. The van der Waals surface area contributed by atoms with E-state index in [9.17, 15) is 14.4 Å². The monoisotopic (exact) mass is 423 g/mol. The Morgan fingerprint density at radius 3 is 2.52 bits per heavy atom. The maximum Gasteiger partial charge on any atom is 0.258 e. The minimum absolute atomic E-state index is 0.0930. The normalized spacial score (nSPS) is 23.2. The molecule has 2 aliphatic rings. The van der Waals surface area contributed by atoms with Crippen LogP contribution in [-0.2, 0) is 9.59 Å². The molecule has 3 unspecified atom stereocenters. The average Bonchev–Trinajstić information content (AvgIpc) is 2.69. The van der Waals surface area contributed by atoms with E-state index in [0.29, 0.717) is 11.6 Å². The number of H-pyrrole nitrogens is 1. The Labute approximate surface area is 181 Å². The van der Waals surface area contributed by atoms with Crippen molar-refractivity contribution in [3.05, 3.63) is 45.2 Å². The minimum Gasteiger partial charge on any atom is -0.337 e. The van der Waals surface area contributed by atoms with Gasteiger partial charge in [-0.2, -0.15) is 4.98 Å². The third-order valence-corrected chi connectivity index (χ3v) is 6.47. The van der Waals surface area contributed by atoms with Gasteiger partial charge in [0, 0.05) is 24.2 Å². The molecule has 0 bridgehead atoms. The number of carbonyl (C=O) groups is 2. The maximum atomic E-state index is 13.1. The van der Waals surface area contributed by atoms with Crippen molar-refractivity contribution >= 4 is 29.3 Å². The Kier molecular flexibility index (Phi) is 5.56. The van der Waals surface area contributed by atoms with Gasteiger partial charge in [-0.3, -0.25) is 19.4 Å². The van der Waals surface area contributed by atoms with Crippen molar-refractivity contribution in [1.29, 1.82) is 0 Å². The molecule has 8 heteroatoms. The van der Waals surface area contributed by atoms with Crippen molar-refractivity contribution in [2.75, 3.05) is 15.5 Å². The molecule has 0 radical (unpaired) electrons. The number of fused-ring (bicyclic) bond motifs is 1. The zero-order chi connectivity index (χ0) is 22.3. The highest BCUT2D eigenvalue weighted by molar-refractivity contribution is 6.04. The summed E-state index contributed by atoms with van der Waals surface area (Å²) in [5, 5.41) is 5.55. The highest BCUT2D eigenvalue weighted by atomic mass is 16.2. The number of rotatable bonds is 3. The Hall–Kier alpha value is -3.16. The molecule has 2 amide bonds. The molecular weight excluding hydrogens is 394 g/mol. The topological polar surface area (TPSA) is 107 Å². The van der Waals surface area contributed by atoms with Crippen molar-refractivity contribution in [2.45, 2.75) is 71.4 Å². The standard InChI is InChI=1S/C23H29N5O3/c1-12-8-9-16(10-13(12)2)24-21(30)17-11-18(29)25-20-19(17)22(31)27-23(26-20)28-14(3)6-5-7-15(28)4/h8-10,14-15,17H,5-7,11H2,1-4H3,(H,24,30)(H2,25,26,27,29,31). The van der Waals surface area contributed by atoms with Crippen LogP contribution in [0.4, 0.5) is 17.5 Å². The van der Waals surface area contributed by atoms with Crippen LogP contribution in [0.2, 0.25) is 0 Å². The molecule has 1 fully saturated rings. The van der Waals surface area contributed by atoms with Crippen molar-refractivity contribution in [1.82, 2.24) is 9.97 Å². The minimum atomic E-state index is -0.896. The number of hydrogen-bond acceptors (Lipinski definition) is 5. The van der Waals surface area contributed by atoms with E-state index in [1.165, 1.54) is 0 Å².